The van der Waals surface area contributed by atoms with Crippen molar-refractivity contribution in [2.24, 2.45) is 0 Å². The molecule has 4 rings (SSSR count). The molecule has 0 aliphatic carbocycles. The highest BCUT2D eigenvalue weighted by Crippen LogP contribution is 2.29. The second kappa shape index (κ2) is 5.66. The highest BCUT2D eigenvalue weighted by Gasteiger charge is 2.19. The standard InChI is InChI=1S/C16H21N7/c1-10(2)15-13(11-7-18-19-8-11)3-4-14-21-16(22-23(14)15)20-12-5-6-17-9-12/h3-4,7-8,10,12,17H,5-6,9H2,1-2H3,(H,18,19)(H,20,22)/t12-/m1/s1. The van der Waals surface area contributed by atoms with Gasteiger partial charge in [-0.25, -0.2) is 4.52 Å². The molecule has 1 saturated heterocycles. The van der Waals surface area contributed by atoms with Gasteiger partial charge in [-0.1, -0.05) is 13.8 Å². The van der Waals surface area contributed by atoms with Crippen LogP contribution in [0.25, 0.3) is 16.8 Å². The maximum absolute atomic E-state index is 4.70. The Morgan fingerprint density at radius 1 is 1.35 bits per heavy atom. The summed E-state index contributed by atoms with van der Waals surface area (Å²) >= 11 is 0. The molecule has 0 saturated carbocycles. The number of nitrogens with zero attached hydrogens (tertiary/aromatic N) is 4. The molecule has 0 spiro atoms. The normalized spacial score (nSPS) is 18.1. The largest absolute Gasteiger partial charge is 0.349 e. The molecule has 3 aromatic heterocycles. The molecular weight excluding hydrogens is 290 g/mol. The maximum Gasteiger partial charge on any atom is 0.243 e. The Morgan fingerprint density at radius 2 is 2.26 bits per heavy atom. The summed E-state index contributed by atoms with van der Waals surface area (Å²) in [6, 6.07) is 4.52. The molecule has 1 fully saturated rings. The maximum atomic E-state index is 4.70. The van der Waals surface area contributed by atoms with Crippen molar-refractivity contribution >= 4 is 11.6 Å². The van der Waals surface area contributed by atoms with Crippen LogP contribution in [0.15, 0.2) is 24.5 Å². The van der Waals surface area contributed by atoms with Gasteiger partial charge in [-0.05, 0) is 31.0 Å². The summed E-state index contributed by atoms with van der Waals surface area (Å²) in [7, 11) is 0. The molecular formula is C16H21N7. The average Bonchev–Trinajstić information content (AvgIpc) is 3.27. The van der Waals surface area contributed by atoms with Gasteiger partial charge in [0.1, 0.15) is 0 Å². The predicted octanol–water partition coefficient (Wildman–Crippen LogP) is 2.02. The smallest absolute Gasteiger partial charge is 0.243 e. The van der Waals surface area contributed by atoms with Crippen LogP contribution in [-0.4, -0.2) is 43.9 Å². The highest BCUT2D eigenvalue weighted by molar-refractivity contribution is 5.68. The van der Waals surface area contributed by atoms with E-state index in [0.29, 0.717) is 17.9 Å². The van der Waals surface area contributed by atoms with Crippen LogP contribution in [0.1, 0.15) is 31.9 Å². The fourth-order valence-electron chi connectivity index (χ4n) is 3.19. The van der Waals surface area contributed by atoms with Crippen molar-refractivity contribution in [2.75, 3.05) is 18.4 Å². The van der Waals surface area contributed by atoms with Crippen molar-refractivity contribution in [3.8, 4) is 11.1 Å². The summed E-state index contributed by atoms with van der Waals surface area (Å²) in [5.74, 6) is 1.02. The number of hydrogen-bond acceptors (Lipinski definition) is 5. The molecule has 0 amide bonds. The van der Waals surface area contributed by atoms with E-state index in [2.05, 4.69) is 45.7 Å². The van der Waals surface area contributed by atoms with Crippen molar-refractivity contribution in [3.63, 3.8) is 0 Å². The van der Waals surface area contributed by atoms with E-state index in [1.54, 1.807) is 0 Å². The number of hydrogen-bond donors (Lipinski definition) is 3. The Hall–Kier alpha value is -2.41. The molecule has 7 heteroatoms. The SMILES string of the molecule is CC(C)c1c(-c2cn[nH]c2)ccc2nc(N[C@@H]3CCNC3)nn12. The zero-order valence-corrected chi connectivity index (χ0v) is 13.4. The Bertz CT molecular complexity index is 797. The lowest BCUT2D eigenvalue weighted by atomic mass is 10.00. The summed E-state index contributed by atoms with van der Waals surface area (Å²) in [6.07, 6.45) is 4.85. The number of anilines is 1. The first kappa shape index (κ1) is 14.2. The molecule has 0 aromatic carbocycles. The van der Waals surface area contributed by atoms with E-state index in [9.17, 15) is 0 Å². The molecule has 3 N–H and O–H groups in total. The number of aromatic amines is 1. The summed E-state index contributed by atoms with van der Waals surface area (Å²) in [5.41, 5.74) is 4.23. The third-order valence-corrected chi connectivity index (χ3v) is 4.29. The van der Waals surface area contributed by atoms with Gasteiger partial charge in [0.25, 0.3) is 0 Å². The molecule has 0 bridgehead atoms. The number of nitrogens with one attached hydrogen (secondary N) is 3. The monoisotopic (exact) mass is 311 g/mol. The second-order valence-electron chi connectivity index (χ2n) is 6.31. The van der Waals surface area contributed by atoms with Crippen LogP contribution in [0, 0.1) is 0 Å². The van der Waals surface area contributed by atoms with Crippen molar-refractivity contribution in [1.29, 1.82) is 0 Å². The van der Waals surface area contributed by atoms with Gasteiger partial charge in [-0.2, -0.15) is 10.1 Å². The minimum absolute atomic E-state index is 0.325. The van der Waals surface area contributed by atoms with E-state index in [-0.39, 0.29) is 0 Å². The minimum atomic E-state index is 0.325. The van der Waals surface area contributed by atoms with E-state index in [1.807, 2.05) is 23.0 Å². The van der Waals surface area contributed by atoms with E-state index in [0.717, 1.165) is 42.0 Å². The zero-order chi connectivity index (χ0) is 15.8. The first-order chi connectivity index (χ1) is 11.2. The van der Waals surface area contributed by atoms with Gasteiger partial charge in [-0.15, -0.1) is 5.10 Å². The summed E-state index contributed by atoms with van der Waals surface area (Å²) < 4.78 is 1.96. The average molecular weight is 311 g/mol. The Kier molecular flexibility index (Phi) is 3.49. The molecule has 4 heterocycles. The van der Waals surface area contributed by atoms with Crippen LogP contribution in [0.5, 0.6) is 0 Å². The predicted molar refractivity (Wildman–Crippen MR) is 89.6 cm³/mol. The van der Waals surface area contributed by atoms with Crippen LogP contribution < -0.4 is 10.6 Å². The quantitative estimate of drug-likeness (QED) is 0.686. The molecule has 1 aliphatic heterocycles. The fraction of sp³-hybridized carbons (Fsp3) is 0.438. The first-order valence-electron chi connectivity index (χ1n) is 8.08. The molecule has 120 valence electrons. The van der Waals surface area contributed by atoms with Crippen molar-refractivity contribution in [2.45, 2.75) is 32.2 Å². The van der Waals surface area contributed by atoms with Gasteiger partial charge in [0.15, 0.2) is 5.65 Å². The number of aromatic nitrogens is 5. The third kappa shape index (κ3) is 2.57. The van der Waals surface area contributed by atoms with Crippen LogP contribution in [0.3, 0.4) is 0 Å². The molecule has 7 nitrogen and oxygen atoms in total. The van der Waals surface area contributed by atoms with Gasteiger partial charge in [-0.3, -0.25) is 5.10 Å². The van der Waals surface area contributed by atoms with Gasteiger partial charge >= 0.3 is 0 Å². The van der Waals surface area contributed by atoms with Crippen LogP contribution >= 0.6 is 0 Å². The van der Waals surface area contributed by atoms with E-state index in [4.69, 9.17) is 5.10 Å². The second-order valence-corrected chi connectivity index (χ2v) is 6.31. The minimum Gasteiger partial charge on any atom is -0.349 e. The topological polar surface area (TPSA) is 82.9 Å². The molecule has 23 heavy (non-hydrogen) atoms. The lowest BCUT2D eigenvalue weighted by molar-refractivity contribution is 0.749. The van der Waals surface area contributed by atoms with Crippen molar-refractivity contribution in [3.05, 3.63) is 30.2 Å². The van der Waals surface area contributed by atoms with Crippen molar-refractivity contribution < 1.29 is 0 Å². The number of rotatable bonds is 4. The first-order valence-corrected chi connectivity index (χ1v) is 8.08. The van der Waals surface area contributed by atoms with E-state index in [1.165, 1.54) is 0 Å². The van der Waals surface area contributed by atoms with E-state index >= 15 is 0 Å². The number of H-pyrrole nitrogens is 1. The third-order valence-electron chi connectivity index (χ3n) is 4.29. The zero-order valence-electron chi connectivity index (χ0n) is 13.4. The Balaban J connectivity index is 1.79. The lowest BCUT2D eigenvalue weighted by Crippen LogP contribution is -2.22. The van der Waals surface area contributed by atoms with Gasteiger partial charge in [0.2, 0.25) is 5.95 Å². The molecule has 0 unspecified atom stereocenters. The number of fused-ring (bicyclic) bond motifs is 1. The highest BCUT2D eigenvalue weighted by atomic mass is 15.4. The van der Waals surface area contributed by atoms with Gasteiger partial charge in [0, 0.05) is 29.9 Å². The lowest BCUT2D eigenvalue weighted by Gasteiger charge is -2.13. The summed E-state index contributed by atoms with van der Waals surface area (Å²) in [4.78, 5) is 4.63. The molecule has 0 radical (unpaired) electrons. The number of pyridine rings is 1. The van der Waals surface area contributed by atoms with Gasteiger partial charge in [0.05, 0.1) is 11.9 Å². The molecule has 1 aliphatic rings. The van der Waals surface area contributed by atoms with E-state index < -0.39 is 0 Å². The summed E-state index contributed by atoms with van der Waals surface area (Å²) in [6.45, 7) is 6.36. The summed E-state index contributed by atoms with van der Waals surface area (Å²) in [5, 5.41) is 18.4. The van der Waals surface area contributed by atoms with Crippen LogP contribution in [0.4, 0.5) is 5.95 Å². The Morgan fingerprint density at radius 3 is 2.96 bits per heavy atom. The Labute approximate surface area is 134 Å². The van der Waals surface area contributed by atoms with Crippen LogP contribution in [0.2, 0.25) is 0 Å². The molecule has 1 atom stereocenters. The molecule has 3 aromatic rings. The van der Waals surface area contributed by atoms with Crippen molar-refractivity contribution in [1.82, 2.24) is 30.1 Å². The van der Waals surface area contributed by atoms with Gasteiger partial charge < -0.3 is 10.6 Å². The van der Waals surface area contributed by atoms with Crippen LogP contribution in [-0.2, 0) is 0 Å². The fourth-order valence-corrected chi connectivity index (χ4v) is 3.19.